The van der Waals surface area contributed by atoms with Gasteiger partial charge in [0.05, 0.1) is 12.6 Å². The van der Waals surface area contributed by atoms with Crippen molar-refractivity contribution in [2.45, 2.75) is 13.0 Å². The van der Waals surface area contributed by atoms with Crippen molar-refractivity contribution in [2.75, 3.05) is 6.61 Å². The van der Waals surface area contributed by atoms with Crippen molar-refractivity contribution in [1.82, 2.24) is 4.98 Å². The summed E-state index contributed by atoms with van der Waals surface area (Å²) in [5, 5.41) is 8.77. The van der Waals surface area contributed by atoms with Crippen molar-refractivity contribution < 1.29 is 5.11 Å². The Morgan fingerprint density at radius 2 is 2.45 bits per heavy atom. The minimum atomic E-state index is -0.280. The summed E-state index contributed by atoms with van der Waals surface area (Å²) < 4.78 is 0. The van der Waals surface area contributed by atoms with E-state index in [0.717, 1.165) is 11.1 Å². The summed E-state index contributed by atoms with van der Waals surface area (Å²) in [5.41, 5.74) is 7.60. The predicted molar refractivity (Wildman–Crippen MR) is 43.0 cm³/mol. The van der Waals surface area contributed by atoms with E-state index in [2.05, 4.69) is 4.98 Å². The highest BCUT2D eigenvalue weighted by atomic mass is 16.3. The summed E-state index contributed by atoms with van der Waals surface area (Å²) in [5.74, 6) is 0. The average molecular weight is 152 g/mol. The van der Waals surface area contributed by atoms with Gasteiger partial charge in [-0.15, -0.1) is 0 Å². The highest BCUT2D eigenvalue weighted by Gasteiger charge is 2.05. The first-order valence-corrected chi connectivity index (χ1v) is 3.52. The molecule has 0 fully saturated rings. The maximum atomic E-state index is 8.77. The number of aromatic nitrogens is 1. The third kappa shape index (κ3) is 1.76. The van der Waals surface area contributed by atoms with E-state index in [1.165, 1.54) is 0 Å². The van der Waals surface area contributed by atoms with Crippen LogP contribution in [0.3, 0.4) is 0 Å². The Balaban J connectivity index is 2.93. The van der Waals surface area contributed by atoms with Crippen molar-refractivity contribution in [3.8, 4) is 0 Å². The van der Waals surface area contributed by atoms with Crippen LogP contribution in [0, 0.1) is 6.92 Å². The molecule has 60 valence electrons. The van der Waals surface area contributed by atoms with E-state index in [4.69, 9.17) is 10.8 Å². The van der Waals surface area contributed by atoms with Gasteiger partial charge in [0, 0.05) is 12.4 Å². The molecule has 11 heavy (non-hydrogen) atoms. The van der Waals surface area contributed by atoms with E-state index in [0.29, 0.717) is 0 Å². The molecule has 0 aromatic carbocycles. The Morgan fingerprint density at radius 3 is 3.00 bits per heavy atom. The third-order valence-corrected chi connectivity index (χ3v) is 1.66. The molecule has 1 heterocycles. The van der Waals surface area contributed by atoms with Gasteiger partial charge in [-0.2, -0.15) is 0 Å². The molecular formula is C8H12N2O. The lowest BCUT2D eigenvalue weighted by molar-refractivity contribution is 0.267. The van der Waals surface area contributed by atoms with Crippen LogP contribution in [0.4, 0.5) is 0 Å². The second-order valence-corrected chi connectivity index (χ2v) is 2.52. The lowest BCUT2D eigenvalue weighted by Gasteiger charge is -2.10. The predicted octanol–water partition coefficient (Wildman–Crippen LogP) is 0.382. The molecule has 0 amide bonds. The molecule has 1 aromatic rings. The Labute approximate surface area is 65.9 Å². The molecule has 0 bridgehead atoms. The molecule has 0 spiro atoms. The molecular weight excluding hydrogens is 140 g/mol. The van der Waals surface area contributed by atoms with Crippen molar-refractivity contribution in [2.24, 2.45) is 5.73 Å². The molecule has 3 heteroatoms. The van der Waals surface area contributed by atoms with Gasteiger partial charge in [-0.05, 0) is 24.1 Å². The maximum Gasteiger partial charge on any atom is 0.0624 e. The third-order valence-electron chi connectivity index (χ3n) is 1.66. The summed E-state index contributed by atoms with van der Waals surface area (Å²) in [6, 6.07) is 1.55. The fraction of sp³-hybridized carbons (Fsp3) is 0.375. The van der Waals surface area contributed by atoms with Gasteiger partial charge in [-0.1, -0.05) is 0 Å². The van der Waals surface area contributed by atoms with E-state index in [1.807, 2.05) is 13.0 Å². The van der Waals surface area contributed by atoms with E-state index < -0.39 is 0 Å². The number of aliphatic hydroxyl groups is 1. The van der Waals surface area contributed by atoms with Crippen LogP contribution in [0.1, 0.15) is 17.2 Å². The van der Waals surface area contributed by atoms with Crippen LogP contribution in [0.25, 0.3) is 0 Å². The molecule has 0 aliphatic rings. The van der Waals surface area contributed by atoms with Gasteiger partial charge >= 0.3 is 0 Å². The molecule has 1 atom stereocenters. The number of pyridine rings is 1. The number of aliphatic hydroxyl groups excluding tert-OH is 1. The average Bonchev–Trinajstić information content (AvgIpc) is 2.04. The highest BCUT2D eigenvalue weighted by molar-refractivity contribution is 5.24. The van der Waals surface area contributed by atoms with Gasteiger partial charge in [0.15, 0.2) is 0 Å². The fourth-order valence-corrected chi connectivity index (χ4v) is 0.999. The van der Waals surface area contributed by atoms with Gasteiger partial charge in [-0.25, -0.2) is 0 Å². The van der Waals surface area contributed by atoms with Gasteiger partial charge < -0.3 is 10.8 Å². The molecule has 0 aliphatic carbocycles. The quantitative estimate of drug-likeness (QED) is 0.644. The summed E-state index contributed by atoms with van der Waals surface area (Å²) in [7, 11) is 0. The zero-order valence-electron chi connectivity index (χ0n) is 6.49. The largest absolute Gasteiger partial charge is 0.394 e. The van der Waals surface area contributed by atoms with E-state index in [-0.39, 0.29) is 12.6 Å². The Bertz CT molecular complexity index is 237. The first-order chi connectivity index (χ1) is 5.25. The smallest absolute Gasteiger partial charge is 0.0624 e. The van der Waals surface area contributed by atoms with Crippen LogP contribution in [-0.2, 0) is 0 Å². The fourth-order valence-electron chi connectivity index (χ4n) is 0.999. The second-order valence-electron chi connectivity index (χ2n) is 2.52. The second kappa shape index (κ2) is 3.46. The van der Waals surface area contributed by atoms with Gasteiger partial charge in [0.2, 0.25) is 0 Å². The van der Waals surface area contributed by atoms with Crippen molar-refractivity contribution in [3.63, 3.8) is 0 Å². The standard InChI is InChI=1S/C8H12N2O/c1-6-4-10-3-2-7(6)8(9)5-11/h2-4,8,11H,5,9H2,1H3/t8-/m1/s1. The molecule has 0 aliphatic heterocycles. The summed E-state index contributed by atoms with van der Waals surface area (Å²) in [6.45, 7) is 1.91. The molecule has 0 saturated heterocycles. The molecule has 1 rings (SSSR count). The monoisotopic (exact) mass is 152 g/mol. The zero-order chi connectivity index (χ0) is 8.27. The maximum absolute atomic E-state index is 8.77. The molecule has 1 aromatic heterocycles. The number of hydrogen-bond acceptors (Lipinski definition) is 3. The van der Waals surface area contributed by atoms with Crippen molar-refractivity contribution in [3.05, 3.63) is 29.6 Å². The topological polar surface area (TPSA) is 59.1 Å². The summed E-state index contributed by atoms with van der Waals surface area (Å²) in [4.78, 5) is 3.92. The highest BCUT2D eigenvalue weighted by Crippen LogP contribution is 2.12. The number of rotatable bonds is 2. The Hall–Kier alpha value is -0.930. The number of nitrogens with two attached hydrogens (primary N) is 1. The minimum Gasteiger partial charge on any atom is -0.394 e. The summed E-state index contributed by atoms with van der Waals surface area (Å²) >= 11 is 0. The molecule has 0 radical (unpaired) electrons. The molecule has 3 N–H and O–H groups in total. The lowest BCUT2D eigenvalue weighted by atomic mass is 10.1. The first-order valence-electron chi connectivity index (χ1n) is 3.52. The van der Waals surface area contributed by atoms with Crippen LogP contribution in [-0.4, -0.2) is 16.7 Å². The van der Waals surface area contributed by atoms with Crippen LogP contribution in [0.2, 0.25) is 0 Å². The summed E-state index contributed by atoms with van der Waals surface area (Å²) in [6.07, 6.45) is 3.42. The van der Waals surface area contributed by atoms with Crippen LogP contribution >= 0.6 is 0 Å². The van der Waals surface area contributed by atoms with Crippen LogP contribution in [0.5, 0.6) is 0 Å². The van der Waals surface area contributed by atoms with E-state index in [1.54, 1.807) is 12.4 Å². The molecule has 0 saturated carbocycles. The van der Waals surface area contributed by atoms with Crippen LogP contribution in [0.15, 0.2) is 18.5 Å². The number of aryl methyl sites for hydroxylation is 1. The Kier molecular flexibility index (Phi) is 2.57. The SMILES string of the molecule is Cc1cnccc1[C@H](N)CO. The zero-order valence-corrected chi connectivity index (χ0v) is 6.49. The molecule has 3 nitrogen and oxygen atoms in total. The van der Waals surface area contributed by atoms with Crippen LogP contribution < -0.4 is 5.73 Å². The van der Waals surface area contributed by atoms with Gasteiger partial charge in [-0.3, -0.25) is 4.98 Å². The van der Waals surface area contributed by atoms with E-state index >= 15 is 0 Å². The Morgan fingerprint density at radius 1 is 1.73 bits per heavy atom. The van der Waals surface area contributed by atoms with Gasteiger partial charge in [0.25, 0.3) is 0 Å². The van der Waals surface area contributed by atoms with Crippen molar-refractivity contribution in [1.29, 1.82) is 0 Å². The van der Waals surface area contributed by atoms with Gasteiger partial charge in [0.1, 0.15) is 0 Å². The lowest BCUT2D eigenvalue weighted by Crippen LogP contribution is -2.15. The number of hydrogen-bond donors (Lipinski definition) is 2. The van der Waals surface area contributed by atoms with Crippen molar-refractivity contribution >= 4 is 0 Å². The van der Waals surface area contributed by atoms with E-state index in [9.17, 15) is 0 Å². The minimum absolute atomic E-state index is 0.0230. The first kappa shape index (κ1) is 8.17. The normalized spacial score (nSPS) is 13.0. The molecule has 0 unspecified atom stereocenters. The number of nitrogens with zero attached hydrogens (tertiary/aromatic N) is 1.